The number of piperidine rings is 1. The summed E-state index contributed by atoms with van der Waals surface area (Å²) in [6.45, 7) is 2.69. The molecule has 1 amide bonds. The van der Waals surface area contributed by atoms with Gasteiger partial charge in [-0.25, -0.2) is 14.8 Å². The smallest absolute Gasteiger partial charge is 0.407 e. The van der Waals surface area contributed by atoms with E-state index in [0.29, 0.717) is 19.0 Å². The van der Waals surface area contributed by atoms with E-state index in [4.69, 9.17) is 14.5 Å². The third kappa shape index (κ3) is 5.77. The second-order valence-corrected chi connectivity index (χ2v) is 9.07. The van der Waals surface area contributed by atoms with Crippen LogP contribution < -0.4 is 14.4 Å². The van der Waals surface area contributed by atoms with E-state index in [1.165, 1.54) is 16.2 Å². The van der Waals surface area contributed by atoms with Gasteiger partial charge in [-0.1, -0.05) is 6.07 Å². The minimum Gasteiger partial charge on any atom is -0.497 e. The lowest BCUT2D eigenvalue weighted by molar-refractivity contribution is 0.137. The summed E-state index contributed by atoms with van der Waals surface area (Å²) < 4.78 is 10.9. The lowest BCUT2D eigenvalue weighted by Crippen LogP contribution is -2.36. The number of aromatic nitrogens is 2. The molecule has 0 unspecified atom stereocenters. The number of hydrogen-bond donors (Lipinski definition) is 1. The van der Waals surface area contributed by atoms with Crippen LogP contribution in [-0.2, 0) is 6.54 Å². The van der Waals surface area contributed by atoms with E-state index in [2.05, 4.69) is 9.88 Å². The number of carbonyl (C=O) groups is 1. The predicted octanol–water partition coefficient (Wildman–Crippen LogP) is 5.01. The Morgan fingerprint density at radius 1 is 1.21 bits per heavy atom. The largest absolute Gasteiger partial charge is 0.497 e. The highest BCUT2D eigenvalue weighted by Crippen LogP contribution is 2.33. The molecule has 0 saturated carbocycles. The molecule has 180 valence electrons. The van der Waals surface area contributed by atoms with Gasteiger partial charge in [0.1, 0.15) is 17.3 Å². The van der Waals surface area contributed by atoms with Gasteiger partial charge in [0.15, 0.2) is 0 Å². The first-order valence-corrected chi connectivity index (χ1v) is 12.3. The Morgan fingerprint density at radius 2 is 2.03 bits per heavy atom. The fraction of sp³-hybridized carbons (Fsp3) is 0.400. The monoisotopic (exact) mass is 482 g/mol. The number of rotatable bonds is 9. The highest BCUT2D eigenvalue weighted by Gasteiger charge is 2.23. The minimum atomic E-state index is -0.889. The van der Waals surface area contributed by atoms with Crippen molar-refractivity contribution in [3.05, 3.63) is 53.0 Å². The first-order chi connectivity index (χ1) is 16.6. The van der Waals surface area contributed by atoms with E-state index < -0.39 is 6.09 Å². The molecule has 2 aromatic heterocycles. The van der Waals surface area contributed by atoms with E-state index in [9.17, 15) is 9.90 Å². The second kappa shape index (κ2) is 11.2. The van der Waals surface area contributed by atoms with Crippen LogP contribution in [0.15, 0.2) is 47.3 Å². The van der Waals surface area contributed by atoms with Crippen LogP contribution in [0.1, 0.15) is 25.0 Å². The number of nitrogens with zero attached hydrogens (tertiary/aromatic N) is 4. The first-order valence-electron chi connectivity index (χ1n) is 11.4. The van der Waals surface area contributed by atoms with Crippen molar-refractivity contribution in [2.24, 2.45) is 5.92 Å². The van der Waals surface area contributed by atoms with Gasteiger partial charge in [0.05, 0.1) is 37.7 Å². The molecule has 0 atom stereocenters. The second-order valence-electron chi connectivity index (χ2n) is 8.35. The Bertz CT molecular complexity index is 1080. The number of carboxylic acid groups (broad SMARTS) is 1. The van der Waals surface area contributed by atoms with Gasteiger partial charge < -0.3 is 24.4 Å². The van der Waals surface area contributed by atoms with Crippen LogP contribution >= 0.6 is 11.3 Å². The van der Waals surface area contributed by atoms with E-state index in [1.54, 1.807) is 19.7 Å². The topological polar surface area (TPSA) is 88.0 Å². The normalized spacial score (nSPS) is 14.1. The fourth-order valence-corrected chi connectivity index (χ4v) is 4.85. The number of thiazole rings is 1. The van der Waals surface area contributed by atoms with Crippen molar-refractivity contribution < 1.29 is 19.4 Å². The van der Waals surface area contributed by atoms with Crippen LogP contribution in [0.2, 0.25) is 0 Å². The summed E-state index contributed by atoms with van der Waals surface area (Å²) in [5.41, 5.74) is 4.33. The van der Waals surface area contributed by atoms with Gasteiger partial charge in [-0.3, -0.25) is 0 Å². The molecule has 1 fully saturated rings. The van der Waals surface area contributed by atoms with E-state index in [1.807, 2.05) is 41.8 Å². The molecular weight excluding hydrogens is 452 g/mol. The van der Waals surface area contributed by atoms with Gasteiger partial charge >= 0.3 is 6.09 Å². The molecule has 34 heavy (non-hydrogen) atoms. The maximum atomic E-state index is 11.6. The average Bonchev–Trinajstić information content (AvgIpc) is 3.39. The van der Waals surface area contributed by atoms with E-state index >= 15 is 0 Å². The van der Waals surface area contributed by atoms with Gasteiger partial charge in [-0.15, -0.1) is 11.3 Å². The highest BCUT2D eigenvalue weighted by molar-refractivity contribution is 7.07. The van der Waals surface area contributed by atoms with Gasteiger partial charge in [0.2, 0.25) is 0 Å². The lowest BCUT2D eigenvalue weighted by Gasteiger charge is -2.33. The Balaban J connectivity index is 1.35. The molecule has 0 spiro atoms. The van der Waals surface area contributed by atoms with Crippen molar-refractivity contribution >= 4 is 23.2 Å². The number of pyridine rings is 1. The van der Waals surface area contributed by atoms with Crippen molar-refractivity contribution in [3.63, 3.8) is 0 Å². The quantitative estimate of drug-likeness (QED) is 0.459. The summed E-state index contributed by atoms with van der Waals surface area (Å²) in [7, 11) is 3.28. The van der Waals surface area contributed by atoms with Crippen molar-refractivity contribution in [1.29, 1.82) is 0 Å². The van der Waals surface area contributed by atoms with Crippen LogP contribution in [0.4, 0.5) is 10.6 Å². The minimum absolute atomic E-state index is 0.350. The van der Waals surface area contributed by atoms with Gasteiger partial charge in [-0.05, 0) is 49.4 Å². The van der Waals surface area contributed by atoms with Crippen molar-refractivity contribution in [2.75, 3.05) is 38.8 Å². The molecule has 3 heterocycles. The Morgan fingerprint density at radius 3 is 2.71 bits per heavy atom. The third-order valence-electron chi connectivity index (χ3n) is 6.27. The molecule has 8 nitrogen and oxygen atoms in total. The number of ether oxygens (including phenoxy) is 2. The zero-order valence-corrected chi connectivity index (χ0v) is 20.3. The summed E-state index contributed by atoms with van der Waals surface area (Å²) in [6.07, 6.45) is 2.00. The number of hydrogen-bond acceptors (Lipinski definition) is 7. The maximum absolute atomic E-state index is 11.6. The Labute approximate surface area is 203 Å². The Kier molecular flexibility index (Phi) is 7.84. The van der Waals surface area contributed by atoms with Crippen molar-refractivity contribution in [3.8, 4) is 22.8 Å². The summed E-state index contributed by atoms with van der Waals surface area (Å²) >= 11 is 1.49. The van der Waals surface area contributed by atoms with Crippen LogP contribution in [-0.4, -0.2) is 59.9 Å². The van der Waals surface area contributed by atoms with E-state index in [0.717, 1.165) is 66.6 Å². The molecule has 4 rings (SSSR count). The standard InChI is InChI=1S/C25H30N4O4S/c1-32-20-6-7-21(23(14-20)33-2)22-4-3-5-24(27-22)28-11-8-18(9-12-28)10-13-29(25(30)31)15-19-16-34-17-26-19/h3-7,14,16-18H,8-13,15H2,1-2H3,(H,30,31). The van der Waals surface area contributed by atoms with Crippen LogP contribution in [0, 0.1) is 5.92 Å². The van der Waals surface area contributed by atoms with Gasteiger partial charge in [0, 0.05) is 36.6 Å². The number of amides is 1. The molecule has 0 bridgehead atoms. The molecule has 1 saturated heterocycles. The summed E-state index contributed by atoms with van der Waals surface area (Å²) in [5, 5.41) is 11.4. The van der Waals surface area contributed by atoms with Crippen LogP contribution in [0.3, 0.4) is 0 Å². The number of anilines is 1. The van der Waals surface area contributed by atoms with Crippen LogP contribution in [0.5, 0.6) is 11.5 Å². The van der Waals surface area contributed by atoms with E-state index in [-0.39, 0.29) is 0 Å². The predicted molar refractivity (Wildman–Crippen MR) is 133 cm³/mol. The molecule has 1 aromatic carbocycles. The lowest BCUT2D eigenvalue weighted by atomic mass is 9.93. The molecule has 9 heteroatoms. The zero-order valence-electron chi connectivity index (χ0n) is 19.5. The SMILES string of the molecule is COc1ccc(-c2cccc(N3CCC(CCN(Cc4cscn4)C(=O)O)CC3)n2)c(OC)c1. The highest BCUT2D eigenvalue weighted by atomic mass is 32.1. The molecule has 0 aliphatic carbocycles. The summed E-state index contributed by atoms with van der Waals surface area (Å²) in [6, 6.07) is 11.8. The number of benzene rings is 1. The fourth-order valence-electron chi connectivity index (χ4n) is 4.30. The molecule has 1 N–H and O–H groups in total. The maximum Gasteiger partial charge on any atom is 0.407 e. The molecule has 1 aliphatic rings. The Hall–Kier alpha value is -3.33. The number of methoxy groups -OCH3 is 2. The molecule has 0 radical (unpaired) electrons. The summed E-state index contributed by atoms with van der Waals surface area (Å²) in [4.78, 5) is 24.5. The molecular formula is C25H30N4O4S. The van der Waals surface area contributed by atoms with Crippen LogP contribution in [0.25, 0.3) is 11.3 Å². The third-order valence-corrected chi connectivity index (χ3v) is 6.91. The van der Waals surface area contributed by atoms with Gasteiger partial charge in [-0.2, -0.15) is 0 Å². The van der Waals surface area contributed by atoms with Crippen molar-refractivity contribution in [1.82, 2.24) is 14.9 Å². The molecule has 1 aliphatic heterocycles. The van der Waals surface area contributed by atoms with Crippen molar-refractivity contribution in [2.45, 2.75) is 25.8 Å². The molecule has 3 aromatic rings. The van der Waals surface area contributed by atoms with Gasteiger partial charge in [0.25, 0.3) is 0 Å². The average molecular weight is 483 g/mol. The zero-order chi connectivity index (χ0) is 23.9. The summed E-state index contributed by atoms with van der Waals surface area (Å²) in [5.74, 6) is 2.91. The first kappa shape index (κ1) is 23.8.